The van der Waals surface area contributed by atoms with E-state index in [0.29, 0.717) is 12.1 Å². The van der Waals surface area contributed by atoms with Crippen LogP contribution >= 0.6 is 27.7 Å². The summed E-state index contributed by atoms with van der Waals surface area (Å²) in [7, 11) is 0. The molecule has 0 aliphatic rings. The Balaban J connectivity index is 1.49. The molecule has 0 saturated heterocycles. The van der Waals surface area contributed by atoms with E-state index in [1.807, 2.05) is 30.3 Å². The van der Waals surface area contributed by atoms with Crippen LogP contribution in [-0.4, -0.2) is 23.2 Å². The Morgan fingerprint density at radius 2 is 1.83 bits per heavy atom. The summed E-state index contributed by atoms with van der Waals surface area (Å²) in [6.07, 6.45) is 0. The topological polar surface area (TPSA) is 44.9 Å². The molecule has 29 heavy (non-hydrogen) atoms. The predicted octanol–water partition coefficient (Wildman–Crippen LogP) is 6.26. The molecule has 0 aliphatic carbocycles. The number of carbonyl (C=O) groups is 1. The van der Waals surface area contributed by atoms with Gasteiger partial charge in [-0.1, -0.05) is 40.2 Å². The van der Waals surface area contributed by atoms with Gasteiger partial charge in [0.1, 0.15) is 5.82 Å². The fraction of sp³-hybridized carbons (Fsp3) is 0.0870. The number of thioether (sulfide) groups is 1. The van der Waals surface area contributed by atoms with Gasteiger partial charge in [0.2, 0.25) is 0 Å². The first-order valence-corrected chi connectivity index (χ1v) is 10.9. The number of aromatic nitrogens is 1. The molecule has 3 aromatic carbocycles. The van der Waals surface area contributed by atoms with Crippen molar-refractivity contribution in [2.24, 2.45) is 0 Å². The molecule has 0 radical (unpaired) electrons. The number of benzene rings is 3. The molecular formula is C23H18BrFN2OS. The first-order chi connectivity index (χ1) is 14.1. The normalized spacial score (nSPS) is 11.0. The van der Waals surface area contributed by atoms with Gasteiger partial charge in [0.15, 0.2) is 0 Å². The molecule has 146 valence electrons. The van der Waals surface area contributed by atoms with E-state index in [2.05, 4.69) is 32.3 Å². The van der Waals surface area contributed by atoms with Crippen LogP contribution in [-0.2, 0) is 0 Å². The van der Waals surface area contributed by atoms with Gasteiger partial charge in [0, 0.05) is 38.1 Å². The molecule has 1 amide bonds. The first-order valence-electron chi connectivity index (χ1n) is 9.15. The van der Waals surface area contributed by atoms with Gasteiger partial charge < -0.3 is 10.3 Å². The first kappa shape index (κ1) is 19.7. The highest BCUT2D eigenvalue weighted by Gasteiger charge is 2.14. The van der Waals surface area contributed by atoms with E-state index in [1.54, 1.807) is 36.0 Å². The Hall–Kier alpha value is -2.57. The van der Waals surface area contributed by atoms with Crippen molar-refractivity contribution in [1.29, 1.82) is 0 Å². The number of carbonyl (C=O) groups excluding carboxylic acids is 1. The zero-order chi connectivity index (χ0) is 20.2. The van der Waals surface area contributed by atoms with Crippen molar-refractivity contribution < 1.29 is 9.18 Å². The predicted molar refractivity (Wildman–Crippen MR) is 121 cm³/mol. The van der Waals surface area contributed by atoms with Crippen LogP contribution in [0.1, 0.15) is 10.4 Å². The molecule has 0 bridgehead atoms. The third-order valence-corrected chi connectivity index (χ3v) is 6.13. The second-order valence-corrected chi connectivity index (χ2v) is 8.52. The second-order valence-electron chi connectivity index (χ2n) is 6.50. The quantitative estimate of drug-likeness (QED) is 0.259. The Morgan fingerprint density at radius 1 is 1.03 bits per heavy atom. The number of aromatic amines is 1. The minimum absolute atomic E-state index is 0.0930. The monoisotopic (exact) mass is 468 g/mol. The maximum absolute atomic E-state index is 13.3. The Kier molecular flexibility index (Phi) is 6.02. The number of fused-ring (bicyclic) bond motifs is 1. The SMILES string of the molecule is O=C(NCCSc1c(-c2ccc(F)cc2)[nH]c2ccccc12)c1cccc(Br)c1. The van der Waals surface area contributed by atoms with Gasteiger partial charge in [-0.2, -0.15) is 0 Å². The largest absolute Gasteiger partial charge is 0.354 e. The van der Waals surface area contributed by atoms with Gasteiger partial charge in [0.25, 0.3) is 5.91 Å². The minimum Gasteiger partial charge on any atom is -0.354 e. The Bertz CT molecular complexity index is 1160. The summed E-state index contributed by atoms with van der Waals surface area (Å²) < 4.78 is 14.2. The highest BCUT2D eigenvalue weighted by Crippen LogP contribution is 2.37. The van der Waals surface area contributed by atoms with Crippen LogP contribution in [0.5, 0.6) is 0 Å². The number of hydrogen-bond acceptors (Lipinski definition) is 2. The lowest BCUT2D eigenvalue weighted by molar-refractivity contribution is 0.0956. The molecule has 4 aromatic rings. The molecule has 0 fully saturated rings. The van der Waals surface area contributed by atoms with Crippen LogP contribution in [0.25, 0.3) is 22.2 Å². The lowest BCUT2D eigenvalue weighted by atomic mass is 10.1. The molecule has 2 N–H and O–H groups in total. The van der Waals surface area contributed by atoms with Crippen LogP contribution in [0, 0.1) is 5.82 Å². The second kappa shape index (κ2) is 8.84. The van der Waals surface area contributed by atoms with Gasteiger partial charge in [0.05, 0.1) is 5.69 Å². The zero-order valence-corrected chi connectivity index (χ0v) is 17.8. The van der Waals surface area contributed by atoms with E-state index in [4.69, 9.17) is 0 Å². The lowest BCUT2D eigenvalue weighted by Crippen LogP contribution is -2.25. The molecule has 0 unspecified atom stereocenters. The number of para-hydroxylation sites is 1. The third kappa shape index (κ3) is 4.54. The summed E-state index contributed by atoms with van der Waals surface area (Å²) in [6.45, 7) is 0.540. The van der Waals surface area contributed by atoms with E-state index in [-0.39, 0.29) is 11.7 Å². The van der Waals surface area contributed by atoms with Gasteiger partial charge in [-0.05, 0) is 54.1 Å². The fourth-order valence-electron chi connectivity index (χ4n) is 3.14. The standard InChI is InChI=1S/C23H18BrFN2OS/c24-17-5-3-4-16(14-17)23(28)26-12-13-29-22-19-6-1-2-7-20(19)27-21(22)15-8-10-18(25)11-9-15/h1-11,14,27H,12-13H2,(H,26,28). The van der Waals surface area contributed by atoms with Crippen molar-refractivity contribution >= 4 is 44.5 Å². The highest BCUT2D eigenvalue weighted by atomic mass is 79.9. The van der Waals surface area contributed by atoms with Gasteiger partial charge >= 0.3 is 0 Å². The smallest absolute Gasteiger partial charge is 0.251 e. The van der Waals surface area contributed by atoms with Crippen LogP contribution in [0.15, 0.2) is 82.2 Å². The number of hydrogen-bond donors (Lipinski definition) is 2. The summed E-state index contributed by atoms with van der Waals surface area (Å²) in [5.41, 5.74) is 3.56. The summed E-state index contributed by atoms with van der Waals surface area (Å²) in [5.74, 6) is 0.370. The molecule has 0 spiro atoms. The van der Waals surface area contributed by atoms with E-state index in [1.165, 1.54) is 12.1 Å². The van der Waals surface area contributed by atoms with Crippen molar-refractivity contribution in [2.75, 3.05) is 12.3 Å². The maximum Gasteiger partial charge on any atom is 0.251 e. The van der Waals surface area contributed by atoms with Crippen LogP contribution in [0.3, 0.4) is 0 Å². The average Bonchev–Trinajstić information content (AvgIpc) is 3.10. The molecule has 6 heteroatoms. The molecule has 0 saturated carbocycles. The molecular weight excluding hydrogens is 451 g/mol. The van der Waals surface area contributed by atoms with E-state index in [0.717, 1.165) is 37.3 Å². The summed E-state index contributed by atoms with van der Waals surface area (Å²) in [5, 5.41) is 4.08. The zero-order valence-electron chi connectivity index (χ0n) is 15.4. The summed E-state index contributed by atoms with van der Waals surface area (Å²) >= 11 is 5.06. The number of halogens is 2. The average molecular weight is 469 g/mol. The van der Waals surface area contributed by atoms with Crippen molar-refractivity contribution in [1.82, 2.24) is 10.3 Å². The number of nitrogens with one attached hydrogen (secondary N) is 2. The molecule has 0 aliphatic heterocycles. The summed E-state index contributed by atoms with van der Waals surface area (Å²) in [6, 6.07) is 21.9. The van der Waals surface area contributed by atoms with Crippen LogP contribution < -0.4 is 5.32 Å². The molecule has 1 aromatic heterocycles. The number of amides is 1. The van der Waals surface area contributed by atoms with Gasteiger partial charge in [-0.15, -0.1) is 11.8 Å². The van der Waals surface area contributed by atoms with Gasteiger partial charge in [-0.25, -0.2) is 4.39 Å². The van der Waals surface area contributed by atoms with Crippen molar-refractivity contribution in [2.45, 2.75) is 4.90 Å². The molecule has 4 rings (SSSR count). The van der Waals surface area contributed by atoms with E-state index < -0.39 is 0 Å². The highest BCUT2D eigenvalue weighted by molar-refractivity contribution is 9.10. The molecule has 0 atom stereocenters. The molecule has 1 heterocycles. The van der Waals surface area contributed by atoms with Crippen LogP contribution in [0.4, 0.5) is 4.39 Å². The number of rotatable bonds is 6. The maximum atomic E-state index is 13.3. The van der Waals surface area contributed by atoms with E-state index >= 15 is 0 Å². The summed E-state index contributed by atoms with van der Waals surface area (Å²) in [4.78, 5) is 16.9. The van der Waals surface area contributed by atoms with Crippen molar-refractivity contribution in [3.05, 3.63) is 88.6 Å². The fourth-order valence-corrected chi connectivity index (χ4v) is 4.59. The Labute approximate surface area is 180 Å². The minimum atomic E-state index is -0.255. The van der Waals surface area contributed by atoms with E-state index in [9.17, 15) is 9.18 Å². The van der Waals surface area contributed by atoms with Crippen LogP contribution in [0.2, 0.25) is 0 Å². The van der Waals surface area contributed by atoms with Crippen molar-refractivity contribution in [3.8, 4) is 11.3 Å². The van der Waals surface area contributed by atoms with Gasteiger partial charge in [-0.3, -0.25) is 4.79 Å². The molecule has 3 nitrogen and oxygen atoms in total. The lowest BCUT2D eigenvalue weighted by Gasteiger charge is -2.07. The Morgan fingerprint density at radius 3 is 2.62 bits per heavy atom. The third-order valence-electron chi connectivity index (χ3n) is 4.51. The van der Waals surface area contributed by atoms with Crippen molar-refractivity contribution in [3.63, 3.8) is 0 Å². The number of H-pyrrole nitrogens is 1.